The second kappa shape index (κ2) is 5.99. The van der Waals surface area contributed by atoms with Gasteiger partial charge in [-0.25, -0.2) is 0 Å². The van der Waals surface area contributed by atoms with Gasteiger partial charge in [0.15, 0.2) is 0 Å². The highest BCUT2D eigenvalue weighted by atomic mass is 16.5. The summed E-state index contributed by atoms with van der Waals surface area (Å²) in [6.45, 7) is 1.92. The molecule has 2 fully saturated rings. The zero-order chi connectivity index (χ0) is 11.4. The summed E-state index contributed by atoms with van der Waals surface area (Å²) in [6, 6.07) is 2.34. The zero-order valence-electron chi connectivity index (χ0n) is 10.7. The van der Waals surface area contributed by atoms with Gasteiger partial charge in [0.1, 0.15) is 0 Å². The molecule has 2 rings (SSSR count). The maximum Gasteiger partial charge on any atom is 0.0480 e. The standard InChI is InChI=1S/C13H26N2O/c1-14-11-3-5-12(6-4-11)15(2)13-7-9-16-10-8-13/h11-14H,3-10H2,1-2H3. The molecule has 0 aromatic heterocycles. The van der Waals surface area contributed by atoms with Crippen molar-refractivity contribution in [1.82, 2.24) is 10.2 Å². The van der Waals surface area contributed by atoms with Crippen molar-refractivity contribution in [3.8, 4) is 0 Å². The minimum atomic E-state index is 0.763. The van der Waals surface area contributed by atoms with Crippen LogP contribution in [0.1, 0.15) is 38.5 Å². The van der Waals surface area contributed by atoms with Crippen molar-refractivity contribution in [2.24, 2.45) is 0 Å². The largest absolute Gasteiger partial charge is 0.381 e. The molecule has 0 unspecified atom stereocenters. The molecule has 1 N–H and O–H groups in total. The third kappa shape index (κ3) is 2.96. The van der Waals surface area contributed by atoms with E-state index in [1.54, 1.807) is 0 Å². The molecule has 0 bridgehead atoms. The van der Waals surface area contributed by atoms with E-state index in [1.165, 1.54) is 38.5 Å². The van der Waals surface area contributed by atoms with Crippen molar-refractivity contribution in [1.29, 1.82) is 0 Å². The van der Waals surface area contributed by atoms with Gasteiger partial charge in [-0.05, 0) is 52.6 Å². The lowest BCUT2D eigenvalue weighted by Crippen LogP contribution is -2.46. The quantitative estimate of drug-likeness (QED) is 0.791. The van der Waals surface area contributed by atoms with Crippen LogP contribution in [0.5, 0.6) is 0 Å². The number of hydrogen-bond acceptors (Lipinski definition) is 3. The van der Waals surface area contributed by atoms with E-state index < -0.39 is 0 Å². The van der Waals surface area contributed by atoms with Crippen LogP contribution in [0.15, 0.2) is 0 Å². The molecule has 1 saturated carbocycles. The fourth-order valence-electron chi connectivity index (χ4n) is 3.16. The van der Waals surface area contributed by atoms with Crippen molar-refractivity contribution in [3.63, 3.8) is 0 Å². The molecule has 3 nitrogen and oxygen atoms in total. The minimum Gasteiger partial charge on any atom is -0.381 e. The molecule has 0 spiro atoms. The zero-order valence-corrected chi connectivity index (χ0v) is 10.7. The van der Waals surface area contributed by atoms with Crippen molar-refractivity contribution in [2.45, 2.75) is 56.7 Å². The summed E-state index contributed by atoms with van der Waals surface area (Å²) in [6.07, 6.45) is 7.85. The maximum atomic E-state index is 5.43. The molecule has 1 aliphatic carbocycles. The highest BCUT2D eigenvalue weighted by Crippen LogP contribution is 2.26. The average Bonchev–Trinajstić information content (AvgIpc) is 2.39. The monoisotopic (exact) mass is 226 g/mol. The second-order valence-electron chi connectivity index (χ2n) is 5.30. The van der Waals surface area contributed by atoms with Gasteiger partial charge in [0.25, 0.3) is 0 Å². The van der Waals surface area contributed by atoms with Crippen LogP contribution >= 0.6 is 0 Å². The molecule has 16 heavy (non-hydrogen) atoms. The summed E-state index contributed by atoms with van der Waals surface area (Å²) >= 11 is 0. The molecular weight excluding hydrogens is 200 g/mol. The van der Waals surface area contributed by atoms with Crippen LogP contribution in [-0.2, 0) is 4.74 Å². The van der Waals surface area contributed by atoms with E-state index in [2.05, 4.69) is 24.3 Å². The van der Waals surface area contributed by atoms with Crippen LogP contribution in [0.3, 0.4) is 0 Å². The van der Waals surface area contributed by atoms with E-state index in [0.717, 1.165) is 31.3 Å². The van der Waals surface area contributed by atoms with Gasteiger partial charge in [0.2, 0.25) is 0 Å². The first-order chi connectivity index (χ1) is 7.81. The minimum absolute atomic E-state index is 0.763. The SMILES string of the molecule is CNC1CCC(N(C)C2CCOCC2)CC1. The van der Waals surface area contributed by atoms with E-state index >= 15 is 0 Å². The van der Waals surface area contributed by atoms with Crippen molar-refractivity contribution in [2.75, 3.05) is 27.3 Å². The summed E-state index contributed by atoms with van der Waals surface area (Å²) in [4.78, 5) is 2.63. The Morgan fingerprint density at radius 3 is 2.06 bits per heavy atom. The Morgan fingerprint density at radius 1 is 0.938 bits per heavy atom. The Morgan fingerprint density at radius 2 is 1.50 bits per heavy atom. The Hall–Kier alpha value is -0.120. The van der Waals surface area contributed by atoms with E-state index in [-0.39, 0.29) is 0 Å². The van der Waals surface area contributed by atoms with Crippen LogP contribution in [0.4, 0.5) is 0 Å². The van der Waals surface area contributed by atoms with Crippen LogP contribution in [0.25, 0.3) is 0 Å². The molecule has 1 heterocycles. The molecule has 0 amide bonds. The topological polar surface area (TPSA) is 24.5 Å². The summed E-state index contributed by atoms with van der Waals surface area (Å²) in [5, 5.41) is 3.40. The van der Waals surface area contributed by atoms with Crippen LogP contribution in [0, 0.1) is 0 Å². The average molecular weight is 226 g/mol. The molecule has 0 atom stereocenters. The smallest absolute Gasteiger partial charge is 0.0480 e. The maximum absolute atomic E-state index is 5.43. The fourth-order valence-corrected chi connectivity index (χ4v) is 3.16. The van der Waals surface area contributed by atoms with Gasteiger partial charge >= 0.3 is 0 Å². The Balaban J connectivity index is 1.78. The lowest BCUT2D eigenvalue weighted by Gasteiger charge is -2.40. The summed E-state index contributed by atoms with van der Waals surface area (Å²) in [5.41, 5.74) is 0. The van der Waals surface area contributed by atoms with Gasteiger partial charge in [0.05, 0.1) is 0 Å². The molecule has 0 aromatic carbocycles. The first-order valence-corrected chi connectivity index (χ1v) is 6.78. The molecule has 1 saturated heterocycles. The van der Waals surface area contributed by atoms with E-state index in [1.807, 2.05) is 0 Å². The second-order valence-corrected chi connectivity index (χ2v) is 5.30. The van der Waals surface area contributed by atoms with E-state index in [4.69, 9.17) is 4.74 Å². The predicted octanol–water partition coefficient (Wildman–Crippen LogP) is 1.63. The van der Waals surface area contributed by atoms with E-state index in [0.29, 0.717) is 0 Å². The Bertz CT molecular complexity index is 196. The molecule has 94 valence electrons. The lowest BCUT2D eigenvalue weighted by atomic mass is 9.89. The Kier molecular flexibility index (Phi) is 4.62. The van der Waals surface area contributed by atoms with Gasteiger partial charge in [0, 0.05) is 31.3 Å². The first-order valence-electron chi connectivity index (χ1n) is 6.78. The van der Waals surface area contributed by atoms with Crippen molar-refractivity contribution in [3.05, 3.63) is 0 Å². The molecule has 2 aliphatic rings. The summed E-state index contributed by atoms with van der Waals surface area (Å²) in [7, 11) is 4.41. The molecule has 1 aliphatic heterocycles. The van der Waals surface area contributed by atoms with Gasteiger partial charge < -0.3 is 15.0 Å². The number of nitrogens with zero attached hydrogens (tertiary/aromatic N) is 1. The third-order valence-corrected chi connectivity index (χ3v) is 4.45. The normalized spacial score (nSPS) is 33.2. The van der Waals surface area contributed by atoms with Gasteiger partial charge in [-0.3, -0.25) is 0 Å². The Labute approximate surface area is 99.5 Å². The number of nitrogens with one attached hydrogen (secondary N) is 1. The summed E-state index contributed by atoms with van der Waals surface area (Å²) in [5.74, 6) is 0. The molecule has 0 aromatic rings. The highest BCUT2D eigenvalue weighted by molar-refractivity contribution is 4.84. The first kappa shape index (κ1) is 12.3. The third-order valence-electron chi connectivity index (χ3n) is 4.45. The van der Waals surface area contributed by atoms with Gasteiger partial charge in [-0.1, -0.05) is 0 Å². The fraction of sp³-hybridized carbons (Fsp3) is 1.00. The van der Waals surface area contributed by atoms with Gasteiger partial charge in [-0.15, -0.1) is 0 Å². The lowest BCUT2D eigenvalue weighted by molar-refractivity contribution is 0.0205. The van der Waals surface area contributed by atoms with Crippen LogP contribution < -0.4 is 5.32 Å². The molecule has 3 heteroatoms. The van der Waals surface area contributed by atoms with Crippen LogP contribution in [-0.4, -0.2) is 50.3 Å². The van der Waals surface area contributed by atoms with Crippen molar-refractivity contribution < 1.29 is 4.74 Å². The highest BCUT2D eigenvalue weighted by Gasteiger charge is 2.28. The van der Waals surface area contributed by atoms with E-state index in [9.17, 15) is 0 Å². The molecule has 0 radical (unpaired) electrons. The number of hydrogen-bond donors (Lipinski definition) is 1. The van der Waals surface area contributed by atoms with Crippen molar-refractivity contribution >= 4 is 0 Å². The summed E-state index contributed by atoms with van der Waals surface area (Å²) < 4.78 is 5.43. The predicted molar refractivity (Wildman–Crippen MR) is 66.7 cm³/mol. The molecular formula is C13H26N2O. The number of rotatable bonds is 3. The van der Waals surface area contributed by atoms with Crippen LogP contribution in [0.2, 0.25) is 0 Å². The number of ether oxygens (including phenoxy) is 1. The van der Waals surface area contributed by atoms with Gasteiger partial charge in [-0.2, -0.15) is 0 Å².